The van der Waals surface area contributed by atoms with E-state index in [9.17, 15) is 0 Å². The van der Waals surface area contributed by atoms with E-state index < -0.39 is 0 Å². The summed E-state index contributed by atoms with van der Waals surface area (Å²) in [7, 11) is 0. The molecule has 1 atom stereocenters. The van der Waals surface area contributed by atoms with Crippen molar-refractivity contribution in [1.29, 1.82) is 0 Å². The van der Waals surface area contributed by atoms with Gasteiger partial charge in [0.25, 0.3) is 0 Å². The van der Waals surface area contributed by atoms with Gasteiger partial charge in [0.2, 0.25) is 0 Å². The van der Waals surface area contributed by atoms with Gasteiger partial charge in [-0.3, -0.25) is 9.67 Å². The molecule has 0 saturated carbocycles. The summed E-state index contributed by atoms with van der Waals surface area (Å²) in [4.78, 5) is 9.08. The third kappa shape index (κ3) is 6.35. The highest BCUT2D eigenvalue weighted by molar-refractivity contribution is 6.30. The fourth-order valence-corrected chi connectivity index (χ4v) is 3.39. The molecule has 2 heterocycles. The predicted molar refractivity (Wildman–Crippen MR) is 122 cm³/mol. The molecule has 3 rings (SSSR count). The number of aliphatic imine (C=N–C) groups is 1. The van der Waals surface area contributed by atoms with Gasteiger partial charge in [-0.1, -0.05) is 23.7 Å². The van der Waals surface area contributed by atoms with Gasteiger partial charge in [0.15, 0.2) is 5.96 Å². The Balaban J connectivity index is 1.57. The molecular formula is C22H30ClN7. The van der Waals surface area contributed by atoms with Crippen LogP contribution in [0.15, 0.2) is 60.1 Å². The van der Waals surface area contributed by atoms with Crippen LogP contribution in [0.25, 0.3) is 0 Å². The van der Waals surface area contributed by atoms with E-state index >= 15 is 0 Å². The van der Waals surface area contributed by atoms with E-state index in [-0.39, 0.29) is 6.04 Å². The van der Waals surface area contributed by atoms with Crippen molar-refractivity contribution >= 4 is 17.6 Å². The number of rotatable bonds is 10. The van der Waals surface area contributed by atoms with Gasteiger partial charge in [0.1, 0.15) is 5.82 Å². The average Bonchev–Trinajstić information content (AvgIpc) is 3.41. The largest absolute Gasteiger partial charge is 0.357 e. The van der Waals surface area contributed by atoms with Crippen LogP contribution >= 0.6 is 11.6 Å². The van der Waals surface area contributed by atoms with E-state index in [4.69, 9.17) is 16.6 Å². The number of guanidine groups is 1. The number of hydrogen-bond acceptors (Lipinski definition) is 3. The third-order valence-corrected chi connectivity index (χ3v) is 5.16. The molecule has 0 aliphatic carbocycles. The van der Waals surface area contributed by atoms with Gasteiger partial charge in [0.05, 0.1) is 12.6 Å². The Morgan fingerprint density at radius 3 is 2.63 bits per heavy atom. The molecule has 8 heteroatoms. The Kier molecular flexibility index (Phi) is 8.32. The van der Waals surface area contributed by atoms with Crippen molar-refractivity contribution in [1.82, 2.24) is 30.0 Å². The molecule has 2 aromatic heterocycles. The summed E-state index contributed by atoms with van der Waals surface area (Å²) in [6.45, 7) is 7.35. The third-order valence-electron chi connectivity index (χ3n) is 4.91. The molecule has 1 unspecified atom stereocenters. The van der Waals surface area contributed by atoms with Crippen LogP contribution < -0.4 is 10.6 Å². The fourth-order valence-electron chi connectivity index (χ4n) is 3.27. The molecule has 0 radical (unpaired) electrons. The zero-order chi connectivity index (χ0) is 21.2. The van der Waals surface area contributed by atoms with Crippen molar-refractivity contribution in [3.05, 3.63) is 71.5 Å². The molecule has 1 aromatic carbocycles. The molecule has 0 fully saturated rings. The van der Waals surface area contributed by atoms with E-state index in [1.54, 1.807) is 6.20 Å². The Labute approximate surface area is 183 Å². The Morgan fingerprint density at radius 1 is 1.13 bits per heavy atom. The molecule has 0 bridgehead atoms. The minimum Gasteiger partial charge on any atom is -0.357 e. The average molecular weight is 428 g/mol. The fraction of sp³-hybridized carbons (Fsp3) is 0.409. The molecule has 0 amide bonds. The van der Waals surface area contributed by atoms with E-state index in [0.29, 0.717) is 6.54 Å². The van der Waals surface area contributed by atoms with E-state index in [1.165, 1.54) is 0 Å². The second-order valence-electron chi connectivity index (χ2n) is 7.07. The van der Waals surface area contributed by atoms with E-state index in [1.807, 2.05) is 60.5 Å². The van der Waals surface area contributed by atoms with Crippen molar-refractivity contribution in [3.8, 4) is 0 Å². The normalized spacial score (nSPS) is 12.7. The second kappa shape index (κ2) is 11.4. The van der Waals surface area contributed by atoms with Gasteiger partial charge < -0.3 is 15.2 Å². The Bertz CT molecular complexity index is 900. The number of hydrogen-bond donors (Lipinski definition) is 2. The summed E-state index contributed by atoms with van der Waals surface area (Å²) in [5, 5.41) is 11.9. The number of nitrogens with one attached hydrogen (secondary N) is 2. The number of imidazole rings is 1. The second-order valence-corrected chi connectivity index (χ2v) is 7.51. The SMILES string of the molecule is CCNC(=NCC(c1ccc(Cl)cc1)n1cccn1)NCCCCn1ccnc1C. The number of nitrogens with zero attached hydrogens (tertiary/aromatic N) is 5. The summed E-state index contributed by atoms with van der Waals surface area (Å²) >= 11 is 6.06. The zero-order valence-electron chi connectivity index (χ0n) is 17.6. The van der Waals surface area contributed by atoms with Crippen LogP contribution in [-0.4, -0.2) is 44.9 Å². The highest BCUT2D eigenvalue weighted by atomic mass is 35.5. The van der Waals surface area contributed by atoms with Crippen LogP contribution in [0.2, 0.25) is 5.02 Å². The monoisotopic (exact) mass is 427 g/mol. The Hall–Kier alpha value is -2.80. The highest BCUT2D eigenvalue weighted by Gasteiger charge is 2.14. The molecule has 30 heavy (non-hydrogen) atoms. The lowest BCUT2D eigenvalue weighted by Crippen LogP contribution is -2.38. The number of unbranched alkanes of at least 4 members (excludes halogenated alkanes) is 1. The van der Waals surface area contributed by atoms with Gasteiger partial charge >= 0.3 is 0 Å². The first kappa shape index (κ1) is 21.9. The minimum absolute atomic E-state index is 0.0111. The summed E-state index contributed by atoms with van der Waals surface area (Å²) < 4.78 is 4.11. The van der Waals surface area contributed by atoms with Crippen LogP contribution in [-0.2, 0) is 6.54 Å². The number of halogens is 1. The summed E-state index contributed by atoms with van der Waals surface area (Å²) in [5.74, 6) is 1.88. The maximum Gasteiger partial charge on any atom is 0.191 e. The molecule has 0 saturated heterocycles. The first-order valence-corrected chi connectivity index (χ1v) is 10.8. The van der Waals surface area contributed by atoms with Crippen molar-refractivity contribution in [2.24, 2.45) is 4.99 Å². The molecule has 0 aliphatic heterocycles. The first-order valence-electron chi connectivity index (χ1n) is 10.4. The van der Waals surface area contributed by atoms with Gasteiger partial charge in [-0.2, -0.15) is 5.10 Å². The number of aryl methyl sites for hydroxylation is 2. The highest BCUT2D eigenvalue weighted by Crippen LogP contribution is 2.20. The molecule has 7 nitrogen and oxygen atoms in total. The molecule has 0 spiro atoms. The lowest BCUT2D eigenvalue weighted by molar-refractivity contribution is 0.530. The lowest BCUT2D eigenvalue weighted by Gasteiger charge is -2.18. The van der Waals surface area contributed by atoms with Crippen LogP contribution in [0.1, 0.15) is 37.2 Å². The standard InChI is InChI=1S/C22H30ClN7/c1-3-24-22(26-11-4-5-14-29-16-13-25-18(29)2)27-17-21(30-15-6-12-28-30)19-7-9-20(23)10-8-19/h6-10,12-13,15-16,21H,3-5,11,14,17H2,1-2H3,(H2,24,26,27). The maximum absolute atomic E-state index is 6.06. The maximum atomic E-state index is 6.06. The van der Waals surface area contributed by atoms with E-state index in [0.717, 1.165) is 54.8 Å². The van der Waals surface area contributed by atoms with Crippen LogP contribution in [0.3, 0.4) is 0 Å². The van der Waals surface area contributed by atoms with E-state index in [2.05, 4.69) is 32.2 Å². The Morgan fingerprint density at radius 2 is 1.97 bits per heavy atom. The van der Waals surface area contributed by atoms with Crippen molar-refractivity contribution in [3.63, 3.8) is 0 Å². The summed E-state index contributed by atoms with van der Waals surface area (Å²) in [5.41, 5.74) is 1.12. The van der Waals surface area contributed by atoms with Gasteiger partial charge in [0, 0.05) is 49.4 Å². The smallest absolute Gasteiger partial charge is 0.191 e. The van der Waals surface area contributed by atoms with Crippen molar-refractivity contribution in [2.45, 2.75) is 39.3 Å². The number of benzene rings is 1. The summed E-state index contributed by atoms with van der Waals surface area (Å²) in [6.07, 6.45) is 9.78. The molecule has 2 N–H and O–H groups in total. The lowest BCUT2D eigenvalue weighted by atomic mass is 10.1. The van der Waals surface area contributed by atoms with Gasteiger partial charge in [-0.15, -0.1) is 0 Å². The topological polar surface area (TPSA) is 72.1 Å². The number of aromatic nitrogens is 4. The van der Waals surface area contributed by atoms with Crippen LogP contribution in [0.5, 0.6) is 0 Å². The van der Waals surface area contributed by atoms with Crippen molar-refractivity contribution in [2.75, 3.05) is 19.6 Å². The molecular weight excluding hydrogens is 398 g/mol. The quantitative estimate of drug-likeness (QED) is 0.294. The molecule has 3 aromatic rings. The van der Waals surface area contributed by atoms with Crippen molar-refractivity contribution < 1.29 is 0 Å². The summed E-state index contributed by atoms with van der Waals surface area (Å²) in [6, 6.07) is 9.81. The molecule has 0 aliphatic rings. The van der Waals surface area contributed by atoms with Crippen LogP contribution in [0.4, 0.5) is 0 Å². The van der Waals surface area contributed by atoms with Gasteiger partial charge in [-0.05, 0) is 50.5 Å². The minimum atomic E-state index is 0.0111. The van der Waals surface area contributed by atoms with Gasteiger partial charge in [-0.25, -0.2) is 4.98 Å². The van der Waals surface area contributed by atoms with Crippen LogP contribution in [0, 0.1) is 6.92 Å². The first-order chi connectivity index (χ1) is 14.7. The molecule has 160 valence electrons. The predicted octanol–water partition coefficient (Wildman–Crippen LogP) is 3.67. The zero-order valence-corrected chi connectivity index (χ0v) is 18.4.